The number of hydrogen-bond donors (Lipinski definition) is 6. The van der Waals surface area contributed by atoms with Crippen molar-refractivity contribution in [2.45, 2.75) is 71.1 Å². The molecule has 0 spiro atoms. The Hall–Kier alpha value is -2.79. The molecule has 0 fully saturated rings. The second kappa shape index (κ2) is 15.4. The van der Waals surface area contributed by atoms with E-state index in [1.54, 1.807) is 44.7 Å². The van der Waals surface area contributed by atoms with Gasteiger partial charge >= 0.3 is 5.97 Å². The van der Waals surface area contributed by atoms with Crippen LogP contribution < -0.4 is 21.7 Å². The predicted octanol–water partition coefficient (Wildman–Crippen LogP) is 1.26. The van der Waals surface area contributed by atoms with E-state index in [1.165, 1.54) is 12.1 Å². The van der Waals surface area contributed by atoms with Crippen molar-refractivity contribution in [1.82, 2.24) is 16.0 Å². The first-order valence-corrected chi connectivity index (χ1v) is 13.5. The predicted molar refractivity (Wildman–Crippen MR) is 141 cm³/mol. The fourth-order valence-electron chi connectivity index (χ4n) is 3.44. The number of aliphatic carboxylic acids is 1. The highest BCUT2D eigenvalue weighted by Crippen LogP contribution is 2.14. The van der Waals surface area contributed by atoms with E-state index in [4.69, 9.17) is 5.73 Å². The third kappa shape index (κ3) is 10.1. The molecule has 0 aliphatic rings. The van der Waals surface area contributed by atoms with E-state index in [0.717, 1.165) is 0 Å². The lowest BCUT2D eigenvalue weighted by Crippen LogP contribution is -2.59. The normalized spacial score (nSPS) is 15.3. The average molecular weight is 525 g/mol. The van der Waals surface area contributed by atoms with Gasteiger partial charge in [-0.05, 0) is 48.0 Å². The second-order valence-corrected chi connectivity index (χ2v) is 10.2. The molecule has 0 bridgehead atoms. The SMILES string of the molecule is CCC(C)C(NC(=O)C(Cc1ccc(O)cc1)NC(=O)C(N)CCSC)C(=O)NC(C(=O)O)C(C)C. The standard InChI is InChI=1S/C25H40N4O6S/c1-6-15(4)21(24(33)28-20(14(2)3)25(34)35)29-23(32)19(13-16-7-9-17(30)10-8-16)27-22(31)18(26)11-12-36-5/h7-10,14-15,18-21,30H,6,11-13,26H2,1-5H3,(H,27,31)(H,28,33)(H,29,32)(H,34,35). The van der Waals surface area contributed by atoms with E-state index >= 15 is 0 Å². The Balaban J connectivity index is 3.15. The summed E-state index contributed by atoms with van der Waals surface area (Å²) in [6.07, 6.45) is 2.99. The van der Waals surface area contributed by atoms with Crippen LogP contribution in [0, 0.1) is 11.8 Å². The number of carbonyl (C=O) groups is 4. The van der Waals surface area contributed by atoms with Crippen LogP contribution in [0.3, 0.4) is 0 Å². The highest BCUT2D eigenvalue weighted by molar-refractivity contribution is 7.98. The topological polar surface area (TPSA) is 171 Å². The van der Waals surface area contributed by atoms with Crippen molar-refractivity contribution in [2.24, 2.45) is 17.6 Å². The van der Waals surface area contributed by atoms with Gasteiger partial charge in [-0.25, -0.2) is 4.79 Å². The molecule has 11 heteroatoms. The second-order valence-electron chi connectivity index (χ2n) is 9.26. The molecule has 202 valence electrons. The quantitative estimate of drug-likeness (QED) is 0.199. The number of hydrogen-bond acceptors (Lipinski definition) is 7. The van der Waals surface area contributed by atoms with Crippen molar-refractivity contribution in [3.05, 3.63) is 29.8 Å². The lowest BCUT2D eigenvalue weighted by molar-refractivity contribution is -0.144. The molecule has 5 atom stereocenters. The lowest BCUT2D eigenvalue weighted by atomic mass is 9.95. The molecule has 1 rings (SSSR count). The van der Waals surface area contributed by atoms with Gasteiger partial charge in [0.15, 0.2) is 0 Å². The lowest BCUT2D eigenvalue weighted by Gasteiger charge is -2.29. The summed E-state index contributed by atoms with van der Waals surface area (Å²) in [5, 5.41) is 27.0. The summed E-state index contributed by atoms with van der Waals surface area (Å²) >= 11 is 1.55. The third-order valence-electron chi connectivity index (χ3n) is 6.00. The molecule has 0 heterocycles. The average Bonchev–Trinajstić information content (AvgIpc) is 2.83. The Labute approximate surface area is 217 Å². The van der Waals surface area contributed by atoms with Crippen LogP contribution in [-0.4, -0.2) is 70.1 Å². The van der Waals surface area contributed by atoms with E-state index in [1.807, 2.05) is 13.2 Å². The smallest absolute Gasteiger partial charge is 0.326 e. The van der Waals surface area contributed by atoms with Crippen molar-refractivity contribution in [1.29, 1.82) is 0 Å². The number of thioether (sulfide) groups is 1. The van der Waals surface area contributed by atoms with Crippen LogP contribution in [0.15, 0.2) is 24.3 Å². The van der Waals surface area contributed by atoms with E-state index in [0.29, 0.717) is 24.2 Å². The maximum Gasteiger partial charge on any atom is 0.326 e. The largest absolute Gasteiger partial charge is 0.508 e. The number of nitrogens with one attached hydrogen (secondary N) is 3. The molecule has 7 N–H and O–H groups in total. The first kappa shape index (κ1) is 31.2. The fraction of sp³-hybridized carbons (Fsp3) is 0.600. The molecule has 0 aromatic heterocycles. The first-order chi connectivity index (χ1) is 16.9. The number of phenolic OH excluding ortho intramolecular Hbond substituents is 1. The number of nitrogens with two attached hydrogens (primary N) is 1. The Morgan fingerprint density at radius 1 is 0.944 bits per heavy atom. The van der Waals surface area contributed by atoms with Crippen molar-refractivity contribution >= 4 is 35.5 Å². The molecule has 0 saturated carbocycles. The molecule has 1 aromatic rings. The zero-order chi connectivity index (χ0) is 27.4. The number of carboxylic acids is 1. The number of phenols is 1. The zero-order valence-electron chi connectivity index (χ0n) is 21.6. The van der Waals surface area contributed by atoms with Crippen molar-refractivity contribution in [2.75, 3.05) is 12.0 Å². The Bertz CT molecular complexity index is 880. The minimum Gasteiger partial charge on any atom is -0.508 e. The van der Waals surface area contributed by atoms with Crippen LogP contribution >= 0.6 is 11.8 Å². The van der Waals surface area contributed by atoms with Crippen LogP contribution in [0.1, 0.15) is 46.1 Å². The van der Waals surface area contributed by atoms with Crippen LogP contribution in [0.25, 0.3) is 0 Å². The summed E-state index contributed by atoms with van der Waals surface area (Å²) in [7, 11) is 0. The molecule has 5 unspecified atom stereocenters. The summed E-state index contributed by atoms with van der Waals surface area (Å²) in [6.45, 7) is 7.00. The third-order valence-corrected chi connectivity index (χ3v) is 6.65. The number of aromatic hydroxyl groups is 1. The van der Waals surface area contributed by atoms with Gasteiger partial charge in [-0.3, -0.25) is 14.4 Å². The highest BCUT2D eigenvalue weighted by Gasteiger charge is 2.33. The minimum absolute atomic E-state index is 0.0644. The Kier molecular flexibility index (Phi) is 13.3. The fourth-order valence-corrected chi connectivity index (χ4v) is 3.93. The molecule has 1 aromatic carbocycles. The van der Waals surface area contributed by atoms with Gasteiger partial charge in [0.05, 0.1) is 6.04 Å². The molecule has 0 aliphatic carbocycles. The summed E-state index contributed by atoms with van der Waals surface area (Å²) in [5.41, 5.74) is 6.67. The zero-order valence-corrected chi connectivity index (χ0v) is 22.4. The summed E-state index contributed by atoms with van der Waals surface area (Å²) in [4.78, 5) is 50.7. The number of benzene rings is 1. The van der Waals surface area contributed by atoms with Gasteiger partial charge in [-0.1, -0.05) is 46.2 Å². The maximum absolute atomic E-state index is 13.4. The molecule has 3 amide bonds. The van der Waals surface area contributed by atoms with Gasteiger partial charge in [0.2, 0.25) is 17.7 Å². The van der Waals surface area contributed by atoms with Gasteiger partial charge in [0, 0.05) is 6.42 Å². The van der Waals surface area contributed by atoms with Crippen molar-refractivity contribution in [3.8, 4) is 5.75 Å². The van der Waals surface area contributed by atoms with Crippen molar-refractivity contribution < 1.29 is 29.4 Å². The van der Waals surface area contributed by atoms with Gasteiger partial charge in [0.25, 0.3) is 0 Å². The minimum atomic E-state index is -1.16. The summed E-state index contributed by atoms with van der Waals surface area (Å²) in [6, 6.07) is 2.26. The molecule has 36 heavy (non-hydrogen) atoms. The maximum atomic E-state index is 13.4. The molecule has 0 radical (unpaired) electrons. The Morgan fingerprint density at radius 2 is 1.53 bits per heavy atom. The number of carboxylic acid groups (broad SMARTS) is 1. The Morgan fingerprint density at radius 3 is 2.03 bits per heavy atom. The van der Waals surface area contributed by atoms with Gasteiger partial charge in [-0.2, -0.15) is 11.8 Å². The van der Waals surface area contributed by atoms with E-state index in [2.05, 4.69) is 16.0 Å². The van der Waals surface area contributed by atoms with Gasteiger partial charge < -0.3 is 31.9 Å². The van der Waals surface area contributed by atoms with Gasteiger partial charge in [0.1, 0.15) is 23.9 Å². The van der Waals surface area contributed by atoms with Crippen LogP contribution in [0.2, 0.25) is 0 Å². The van der Waals surface area contributed by atoms with Crippen LogP contribution in [-0.2, 0) is 25.6 Å². The van der Waals surface area contributed by atoms with E-state index in [9.17, 15) is 29.4 Å². The highest BCUT2D eigenvalue weighted by atomic mass is 32.2. The molecular weight excluding hydrogens is 484 g/mol. The monoisotopic (exact) mass is 524 g/mol. The summed E-state index contributed by atoms with van der Waals surface area (Å²) < 4.78 is 0. The summed E-state index contributed by atoms with van der Waals surface area (Å²) in [5.74, 6) is -2.76. The number of amides is 3. The van der Waals surface area contributed by atoms with Gasteiger partial charge in [-0.15, -0.1) is 0 Å². The number of carbonyl (C=O) groups excluding carboxylic acids is 3. The van der Waals surface area contributed by atoms with Crippen molar-refractivity contribution in [3.63, 3.8) is 0 Å². The first-order valence-electron chi connectivity index (χ1n) is 12.1. The van der Waals surface area contributed by atoms with E-state index in [-0.39, 0.29) is 24.0 Å². The van der Waals surface area contributed by atoms with E-state index < -0.39 is 47.9 Å². The molecule has 0 saturated heterocycles. The van der Waals surface area contributed by atoms with Crippen LogP contribution in [0.5, 0.6) is 5.75 Å². The molecule has 10 nitrogen and oxygen atoms in total. The molecule has 0 aliphatic heterocycles. The van der Waals surface area contributed by atoms with Crippen LogP contribution in [0.4, 0.5) is 0 Å². The molecular formula is C25H40N4O6S. The number of rotatable bonds is 15.